The molecular weight excluding hydrogens is 254 g/mol. The van der Waals surface area contributed by atoms with Crippen molar-refractivity contribution in [3.63, 3.8) is 0 Å². The molecule has 4 nitrogen and oxygen atoms in total. The summed E-state index contributed by atoms with van der Waals surface area (Å²) in [5, 5.41) is 8.61. The molecule has 0 aliphatic heterocycles. The maximum atomic E-state index is 10.5. The van der Waals surface area contributed by atoms with Gasteiger partial charge in [0.05, 0.1) is 6.42 Å². The summed E-state index contributed by atoms with van der Waals surface area (Å²) in [6.45, 7) is 8.29. The molecule has 1 rings (SSSR count). The third kappa shape index (κ3) is 5.61. The zero-order valence-corrected chi connectivity index (χ0v) is 12.8. The number of rotatable bonds is 8. The van der Waals surface area contributed by atoms with Crippen molar-refractivity contribution >= 4 is 5.97 Å². The standard InChI is InChI=1S/C16H25NO3/c1-12(2)15-6-5-14(11-13(15)3)20-10-9-17(4)8-7-16(18)19/h5-6,11-12H,7-10H2,1-4H3,(H,18,19). The number of carboxylic acid groups (broad SMARTS) is 1. The summed E-state index contributed by atoms with van der Waals surface area (Å²) in [5.41, 5.74) is 2.59. The fraction of sp³-hybridized carbons (Fsp3) is 0.562. The molecule has 0 aromatic heterocycles. The number of carbonyl (C=O) groups is 1. The maximum absolute atomic E-state index is 10.5. The van der Waals surface area contributed by atoms with E-state index in [-0.39, 0.29) is 6.42 Å². The molecule has 0 radical (unpaired) electrons. The van der Waals surface area contributed by atoms with Gasteiger partial charge in [0.15, 0.2) is 0 Å². The van der Waals surface area contributed by atoms with Crippen LogP contribution in [0.25, 0.3) is 0 Å². The lowest BCUT2D eigenvalue weighted by molar-refractivity contribution is -0.137. The Labute approximate surface area is 121 Å². The molecule has 0 heterocycles. The average Bonchev–Trinajstić information content (AvgIpc) is 2.36. The first-order chi connectivity index (χ1) is 9.40. The zero-order valence-electron chi connectivity index (χ0n) is 12.8. The van der Waals surface area contributed by atoms with Crippen molar-refractivity contribution in [2.24, 2.45) is 0 Å². The Hall–Kier alpha value is -1.55. The van der Waals surface area contributed by atoms with Gasteiger partial charge in [-0.3, -0.25) is 4.79 Å². The smallest absolute Gasteiger partial charge is 0.304 e. The molecule has 1 N–H and O–H groups in total. The van der Waals surface area contributed by atoms with Crippen molar-refractivity contribution in [3.05, 3.63) is 29.3 Å². The van der Waals surface area contributed by atoms with Crippen molar-refractivity contribution in [2.75, 3.05) is 26.7 Å². The minimum Gasteiger partial charge on any atom is -0.492 e. The maximum Gasteiger partial charge on any atom is 0.304 e. The molecule has 0 aliphatic carbocycles. The Morgan fingerprint density at radius 1 is 1.35 bits per heavy atom. The van der Waals surface area contributed by atoms with Crippen LogP contribution in [0.15, 0.2) is 18.2 Å². The molecule has 0 unspecified atom stereocenters. The number of ether oxygens (including phenoxy) is 1. The van der Waals surface area contributed by atoms with Crippen molar-refractivity contribution < 1.29 is 14.6 Å². The molecule has 0 saturated heterocycles. The average molecular weight is 279 g/mol. The van der Waals surface area contributed by atoms with Gasteiger partial charge in [0.1, 0.15) is 12.4 Å². The van der Waals surface area contributed by atoms with Crippen LogP contribution in [-0.4, -0.2) is 42.7 Å². The monoisotopic (exact) mass is 279 g/mol. The molecule has 0 amide bonds. The lowest BCUT2D eigenvalue weighted by Crippen LogP contribution is -2.26. The lowest BCUT2D eigenvalue weighted by Gasteiger charge is -2.16. The van der Waals surface area contributed by atoms with Crippen LogP contribution >= 0.6 is 0 Å². The Morgan fingerprint density at radius 2 is 2.05 bits per heavy atom. The Morgan fingerprint density at radius 3 is 2.60 bits per heavy atom. The summed E-state index contributed by atoms with van der Waals surface area (Å²) < 4.78 is 5.71. The highest BCUT2D eigenvalue weighted by Crippen LogP contribution is 2.23. The van der Waals surface area contributed by atoms with Gasteiger partial charge in [-0.15, -0.1) is 0 Å². The van der Waals surface area contributed by atoms with Crippen LogP contribution in [0.3, 0.4) is 0 Å². The first kappa shape index (κ1) is 16.5. The predicted molar refractivity (Wildman–Crippen MR) is 80.5 cm³/mol. The molecule has 1 aromatic carbocycles. The van der Waals surface area contributed by atoms with Crippen molar-refractivity contribution in [2.45, 2.75) is 33.1 Å². The van der Waals surface area contributed by atoms with Gasteiger partial charge in [0.25, 0.3) is 0 Å². The van der Waals surface area contributed by atoms with E-state index in [4.69, 9.17) is 9.84 Å². The number of benzene rings is 1. The van der Waals surface area contributed by atoms with E-state index in [1.807, 2.05) is 18.0 Å². The van der Waals surface area contributed by atoms with E-state index in [2.05, 4.69) is 32.9 Å². The molecule has 0 aliphatic rings. The number of carboxylic acids is 1. The first-order valence-corrected chi connectivity index (χ1v) is 7.04. The third-order valence-electron chi connectivity index (χ3n) is 3.31. The lowest BCUT2D eigenvalue weighted by atomic mass is 9.98. The largest absolute Gasteiger partial charge is 0.492 e. The van der Waals surface area contributed by atoms with Crippen LogP contribution in [0.5, 0.6) is 5.75 Å². The number of hydrogen-bond donors (Lipinski definition) is 1. The Balaban J connectivity index is 2.39. The summed E-state index contributed by atoms with van der Waals surface area (Å²) in [6, 6.07) is 6.18. The second kappa shape index (κ2) is 7.90. The molecule has 112 valence electrons. The summed E-state index contributed by atoms with van der Waals surface area (Å²) in [4.78, 5) is 12.4. The van der Waals surface area contributed by atoms with Crippen LogP contribution in [0.1, 0.15) is 37.3 Å². The second-order valence-electron chi connectivity index (χ2n) is 5.47. The number of aryl methyl sites for hydroxylation is 1. The molecule has 0 bridgehead atoms. The van der Waals surface area contributed by atoms with E-state index in [1.54, 1.807) is 0 Å². The highest BCUT2D eigenvalue weighted by molar-refractivity contribution is 5.66. The molecule has 1 aromatic rings. The van der Waals surface area contributed by atoms with Gasteiger partial charge in [-0.2, -0.15) is 0 Å². The van der Waals surface area contributed by atoms with Crippen LogP contribution in [-0.2, 0) is 4.79 Å². The molecular formula is C16H25NO3. The molecule has 0 saturated carbocycles. The van der Waals surface area contributed by atoms with E-state index in [9.17, 15) is 4.79 Å². The van der Waals surface area contributed by atoms with Gasteiger partial charge in [0.2, 0.25) is 0 Å². The number of hydrogen-bond acceptors (Lipinski definition) is 3. The fourth-order valence-electron chi connectivity index (χ4n) is 2.10. The van der Waals surface area contributed by atoms with Crippen LogP contribution < -0.4 is 4.74 Å². The highest BCUT2D eigenvalue weighted by atomic mass is 16.5. The number of aliphatic carboxylic acids is 1. The molecule has 0 atom stereocenters. The minimum atomic E-state index is -0.766. The van der Waals surface area contributed by atoms with Crippen molar-refractivity contribution in [1.82, 2.24) is 4.90 Å². The molecule has 0 spiro atoms. The Bertz CT molecular complexity index is 443. The minimum absolute atomic E-state index is 0.165. The van der Waals surface area contributed by atoms with Crippen LogP contribution in [0, 0.1) is 6.92 Å². The van der Waals surface area contributed by atoms with Crippen molar-refractivity contribution in [3.8, 4) is 5.75 Å². The SMILES string of the molecule is Cc1cc(OCCN(C)CCC(=O)O)ccc1C(C)C. The highest BCUT2D eigenvalue weighted by Gasteiger charge is 2.06. The van der Waals surface area contributed by atoms with Crippen molar-refractivity contribution in [1.29, 1.82) is 0 Å². The molecule has 4 heteroatoms. The Kier molecular flexibility index (Phi) is 6.52. The van der Waals surface area contributed by atoms with Gasteiger partial charge >= 0.3 is 5.97 Å². The molecule has 0 fully saturated rings. The van der Waals surface area contributed by atoms with E-state index in [1.165, 1.54) is 11.1 Å². The van der Waals surface area contributed by atoms with Crippen LogP contribution in [0.2, 0.25) is 0 Å². The first-order valence-electron chi connectivity index (χ1n) is 7.04. The van der Waals surface area contributed by atoms with E-state index >= 15 is 0 Å². The number of likely N-dealkylation sites (N-methyl/N-ethyl adjacent to an activating group) is 1. The van der Waals surface area contributed by atoms with Crippen LogP contribution in [0.4, 0.5) is 0 Å². The summed E-state index contributed by atoms with van der Waals surface area (Å²) in [7, 11) is 1.90. The van der Waals surface area contributed by atoms with Gasteiger partial charge in [-0.05, 0) is 43.1 Å². The summed E-state index contributed by atoms with van der Waals surface area (Å²) >= 11 is 0. The normalized spacial score (nSPS) is 11.1. The summed E-state index contributed by atoms with van der Waals surface area (Å²) in [6.07, 6.45) is 0.165. The number of nitrogens with zero attached hydrogens (tertiary/aromatic N) is 1. The fourth-order valence-corrected chi connectivity index (χ4v) is 2.10. The van der Waals surface area contributed by atoms with E-state index < -0.39 is 5.97 Å². The van der Waals surface area contributed by atoms with Gasteiger partial charge in [0, 0.05) is 13.1 Å². The third-order valence-corrected chi connectivity index (χ3v) is 3.31. The second-order valence-corrected chi connectivity index (χ2v) is 5.47. The van der Waals surface area contributed by atoms with Gasteiger partial charge in [-0.1, -0.05) is 19.9 Å². The van der Waals surface area contributed by atoms with Gasteiger partial charge in [-0.25, -0.2) is 0 Å². The predicted octanol–water partition coefficient (Wildman–Crippen LogP) is 2.90. The summed E-state index contributed by atoms with van der Waals surface area (Å²) in [5.74, 6) is 0.627. The van der Waals surface area contributed by atoms with E-state index in [0.29, 0.717) is 19.1 Å². The zero-order chi connectivity index (χ0) is 15.1. The van der Waals surface area contributed by atoms with Gasteiger partial charge < -0.3 is 14.7 Å². The topological polar surface area (TPSA) is 49.8 Å². The quantitative estimate of drug-likeness (QED) is 0.795. The molecule has 20 heavy (non-hydrogen) atoms. The van der Waals surface area contributed by atoms with E-state index in [0.717, 1.165) is 12.3 Å².